The second-order valence-electron chi connectivity index (χ2n) is 7.53. The summed E-state index contributed by atoms with van der Waals surface area (Å²) in [5.74, 6) is 0.0432. The summed E-state index contributed by atoms with van der Waals surface area (Å²) >= 11 is 1.51. The van der Waals surface area contributed by atoms with Crippen molar-refractivity contribution in [3.05, 3.63) is 62.5 Å². The molecule has 6 heteroatoms. The number of carbonyl (C=O) groups excluding carboxylic acids is 1. The van der Waals surface area contributed by atoms with Gasteiger partial charge in [0.05, 0.1) is 17.8 Å². The van der Waals surface area contributed by atoms with E-state index in [0.717, 1.165) is 27.3 Å². The lowest BCUT2D eigenvalue weighted by atomic mass is 9.95. The number of carbonyl (C=O) groups is 1. The Bertz CT molecular complexity index is 1050. The van der Waals surface area contributed by atoms with Crippen LogP contribution in [0, 0.1) is 19.8 Å². The number of hydrogen-bond donors (Lipinski definition) is 1. The number of nitrogens with zero attached hydrogens (tertiary/aromatic N) is 2. The summed E-state index contributed by atoms with van der Waals surface area (Å²) in [6.45, 7) is 10.2. The molecule has 0 saturated heterocycles. The average Bonchev–Trinajstić information content (AvgIpc) is 2.96. The molecule has 2 heterocycles. The summed E-state index contributed by atoms with van der Waals surface area (Å²) in [6.07, 6.45) is 2.46. The van der Waals surface area contributed by atoms with E-state index in [4.69, 9.17) is 0 Å². The number of aryl methyl sites for hydroxylation is 3. The second-order valence-corrected chi connectivity index (χ2v) is 8.73. The van der Waals surface area contributed by atoms with E-state index in [2.05, 4.69) is 55.3 Å². The SMILES string of the molecule is CCc1ccc([C@@H](NC(=O)Cn2cnc3sc(C)c(C)c3c2=O)C(C)C)cc1. The number of rotatable bonds is 6. The molecule has 0 aliphatic rings. The Balaban J connectivity index is 1.81. The first-order chi connectivity index (χ1) is 13.3. The number of hydrogen-bond acceptors (Lipinski definition) is 4. The zero-order chi connectivity index (χ0) is 20.4. The maximum absolute atomic E-state index is 12.8. The van der Waals surface area contributed by atoms with Crippen LogP contribution in [0.1, 0.15) is 48.4 Å². The van der Waals surface area contributed by atoms with Crippen LogP contribution in [0.4, 0.5) is 0 Å². The van der Waals surface area contributed by atoms with Crippen LogP contribution in [0.25, 0.3) is 10.2 Å². The largest absolute Gasteiger partial charge is 0.347 e. The minimum Gasteiger partial charge on any atom is -0.347 e. The van der Waals surface area contributed by atoms with Gasteiger partial charge in [-0.15, -0.1) is 11.3 Å². The molecule has 28 heavy (non-hydrogen) atoms. The van der Waals surface area contributed by atoms with E-state index < -0.39 is 0 Å². The maximum Gasteiger partial charge on any atom is 0.262 e. The van der Waals surface area contributed by atoms with Crippen LogP contribution in [0.2, 0.25) is 0 Å². The smallest absolute Gasteiger partial charge is 0.262 e. The van der Waals surface area contributed by atoms with E-state index >= 15 is 0 Å². The molecule has 0 bridgehead atoms. The van der Waals surface area contributed by atoms with Gasteiger partial charge in [-0.25, -0.2) is 4.98 Å². The number of fused-ring (bicyclic) bond motifs is 1. The Morgan fingerprint density at radius 2 is 1.89 bits per heavy atom. The summed E-state index contributed by atoms with van der Waals surface area (Å²) in [5.41, 5.74) is 3.13. The highest BCUT2D eigenvalue weighted by Gasteiger charge is 2.20. The van der Waals surface area contributed by atoms with Gasteiger partial charge in [-0.1, -0.05) is 45.0 Å². The van der Waals surface area contributed by atoms with Crippen LogP contribution in [-0.2, 0) is 17.8 Å². The molecule has 0 radical (unpaired) electrons. The molecule has 3 rings (SSSR count). The lowest BCUT2D eigenvalue weighted by molar-refractivity contribution is -0.122. The molecule has 1 N–H and O–H groups in total. The number of benzene rings is 1. The zero-order valence-electron chi connectivity index (χ0n) is 17.1. The van der Waals surface area contributed by atoms with Crippen molar-refractivity contribution >= 4 is 27.5 Å². The first-order valence-electron chi connectivity index (χ1n) is 9.65. The molecule has 0 saturated carbocycles. The molecule has 0 fully saturated rings. The fraction of sp³-hybridized carbons (Fsp3) is 0.409. The number of aromatic nitrogens is 2. The van der Waals surface area contributed by atoms with Gasteiger partial charge in [0, 0.05) is 4.88 Å². The summed E-state index contributed by atoms with van der Waals surface area (Å²) in [5, 5.41) is 3.71. The third kappa shape index (κ3) is 4.02. The molecule has 5 nitrogen and oxygen atoms in total. The van der Waals surface area contributed by atoms with Crippen LogP contribution in [0.5, 0.6) is 0 Å². The van der Waals surface area contributed by atoms with E-state index in [9.17, 15) is 9.59 Å². The van der Waals surface area contributed by atoms with Gasteiger partial charge < -0.3 is 5.32 Å². The molecule has 1 amide bonds. The third-order valence-electron chi connectivity index (χ3n) is 5.20. The Hall–Kier alpha value is -2.47. The van der Waals surface area contributed by atoms with E-state index in [1.165, 1.54) is 27.8 Å². The van der Waals surface area contributed by atoms with Crippen molar-refractivity contribution in [3.8, 4) is 0 Å². The third-order valence-corrected chi connectivity index (χ3v) is 6.32. The molecule has 3 aromatic rings. The summed E-state index contributed by atoms with van der Waals surface area (Å²) in [7, 11) is 0. The van der Waals surface area contributed by atoms with Gasteiger partial charge in [0.2, 0.25) is 5.91 Å². The molecular weight excluding hydrogens is 370 g/mol. The number of amides is 1. The van der Waals surface area contributed by atoms with Gasteiger partial charge >= 0.3 is 0 Å². The fourth-order valence-electron chi connectivity index (χ4n) is 3.35. The van der Waals surface area contributed by atoms with Crippen molar-refractivity contribution in [2.24, 2.45) is 5.92 Å². The zero-order valence-corrected chi connectivity index (χ0v) is 17.9. The molecular formula is C22H27N3O2S. The quantitative estimate of drug-likeness (QED) is 0.680. The molecule has 148 valence electrons. The van der Waals surface area contributed by atoms with E-state index in [0.29, 0.717) is 5.39 Å². The normalized spacial score (nSPS) is 12.5. The van der Waals surface area contributed by atoms with Gasteiger partial charge in [0.15, 0.2) is 0 Å². The number of nitrogens with one attached hydrogen (secondary N) is 1. The van der Waals surface area contributed by atoms with Crippen molar-refractivity contribution < 1.29 is 4.79 Å². The molecule has 0 unspecified atom stereocenters. The number of thiophene rings is 1. The molecule has 0 aliphatic carbocycles. The molecule has 0 spiro atoms. The minimum absolute atomic E-state index is 0.0353. The molecule has 0 aliphatic heterocycles. The minimum atomic E-state index is -0.189. The summed E-state index contributed by atoms with van der Waals surface area (Å²) in [6, 6.07) is 8.24. The van der Waals surface area contributed by atoms with Crippen LogP contribution in [-0.4, -0.2) is 15.5 Å². The van der Waals surface area contributed by atoms with Gasteiger partial charge in [0.1, 0.15) is 11.4 Å². The lowest BCUT2D eigenvalue weighted by Crippen LogP contribution is -2.36. The van der Waals surface area contributed by atoms with Crippen LogP contribution >= 0.6 is 11.3 Å². The van der Waals surface area contributed by atoms with Crippen molar-refractivity contribution in [3.63, 3.8) is 0 Å². The highest BCUT2D eigenvalue weighted by Crippen LogP contribution is 2.25. The Morgan fingerprint density at radius 3 is 2.50 bits per heavy atom. The maximum atomic E-state index is 12.8. The van der Waals surface area contributed by atoms with Crippen molar-refractivity contribution in [1.82, 2.24) is 14.9 Å². The van der Waals surface area contributed by atoms with Crippen LogP contribution in [0.3, 0.4) is 0 Å². The molecule has 1 aromatic carbocycles. The van der Waals surface area contributed by atoms with E-state index in [1.807, 2.05) is 13.8 Å². The van der Waals surface area contributed by atoms with Gasteiger partial charge in [0.25, 0.3) is 5.56 Å². The summed E-state index contributed by atoms with van der Waals surface area (Å²) < 4.78 is 1.40. The standard InChI is InChI=1S/C22H27N3O2S/c1-6-16-7-9-17(10-8-16)20(13(2)3)24-18(26)11-25-12-23-21-19(22(25)27)14(4)15(5)28-21/h7-10,12-13,20H,6,11H2,1-5H3,(H,24,26)/t20-/m0/s1. The molecule has 2 aromatic heterocycles. The predicted octanol–water partition coefficient (Wildman–Crippen LogP) is 4.15. The van der Waals surface area contributed by atoms with Gasteiger partial charge in [-0.2, -0.15) is 0 Å². The van der Waals surface area contributed by atoms with Gasteiger partial charge in [-0.3, -0.25) is 14.2 Å². The fourth-order valence-corrected chi connectivity index (χ4v) is 4.34. The monoisotopic (exact) mass is 397 g/mol. The Labute approximate surface area is 169 Å². The average molecular weight is 398 g/mol. The van der Waals surface area contributed by atoms with Crippen molar-refractivity contribution in [2.45, 2.75) is 53.6 Å². The second kappa shape index (κ2) is 8.27. The Kier molecular flexibility index (Phi) is 5.98. The van der Waals surface area contributed by atoms with Crippen LogP contribution in [0.15, 0.2) is 35.4 Å². The highest BCUT2D eigenvalue weighted by atomic mass is 32.1. The van der Waals surface area contributed by atoms with Crippen molar-refractivity contribution in [1.29, 1.82) is 0 Å². The summed E-state index contributed by atoms with van der Waals surface area (Å²) in [4.78, 5) is 31.7. The van der Waals surface area contributed by atoms with Crippen molar-refractivity contribution in [2.75, 3.05) is 0 Å². The first kappa shape index (κ1) is 20.3. The van der Waals surface area contributed by atoms with E-state index in [1.54, 1.807) is 0 Å². The topological polar surface area (TPSA) is 64.0 Å². The Morgan fingerprint density at radius 1 is 1.21 bits per heavy atom. The van der Waals surface area contributed by atoms with E-state index in [-0.39, 0.29) is 30.0 Å². The van der Waals surface area contributed by atoms with Gasteiger partial charge in [-0.05, 0) is 42.9 Å². The lowest BCUT2D eigenvalue weighted by Gasteiger charge is -2.23. The molecule has 1 atom stereocenters. The predicted molar refractivity (Wildman–Crippen MR) is 115 cm³/mol. The highest BCUT2D eigenvalue weighted by molar-refractivity contribution is 7.18. The first-order valence-corrected chi connectivity index (χ1v) is 10.5. The van der Waals surface area contributed by atoms with Crippen LogP contribution < -0.4 is 10.9 Å².